The molecule has 0 aromatic heterocycles. The molecule has 1 aliphatic rings. The maximum Gasteiger partial charge on any atom is 0.249 e. The minimum atomic E-state index is -4.41. The smallest absolute Gasteiger partial charge is 0.249 e. The van der Waals surface area contributed by atoms with Gasteiger partial charge in [0, 0.05) is 19.6 Å². The number of hydrogen-bond acceptors (Lipinski definition) is 3. The minimum Gasteiger partial charge on any atom is -0.313 e. The highest BCUT2D eigenvalue weighted by molar-refractivity contribution is 7.89. The quantitative estimate of drug-likeness (QED) is 0.873. The number of nitrogens with zero attached hydrogens (tertiary/aromatic N) is 1. The second-order valence-corrected chi connectivity index (χ2v) is 7.27. The summed E-state index contributed by atoms with van der Waals surface area (Å²) >= 11 is 0. The molecule has 1 fully saturated rings. The Morgan fingerprint density at radius 2 is 1.68 bits per heavy atom. The van der Waals surface area contributed by atoms with Crippen molar-refractivity contribution in [3.05, 3.63) is 65.5 Å². The first-order valence-electron chi connectivity index (χ1n) is 7.33. The van der Waals surface area contributed by atoms with E-state index in [1.807, 2.05) is 0 Å². The van der Waals surface area contributed by atoms with Crippen LogP contribution in [-0.2, 0) is 10.0 Å². The molecule has 1 unspecified atom stereocenters. The fourth-order valence-corrected chi connectivity index (χ4v) is 4.54. The second kappa shape index (κ2) is 7.74. The predicted octanol–water partition coefficient (Wildman–Crippen LogP) is 2.86. The molecule has 1 atom stereocenters. The van der Waals surface area contributed by atoms with Crippen molar-refractivity contribution in [2.45, 2.75) is 10.9 Å². The molecule has 1 aliphatic heterocycles. The van der Waals surface area contributed by atoms with Gasteiger partial charge in [-0.3, -0.25) is 0 Å². The Morgan fingerprint density at radius 3 is 2.32 bits per heavy atom. The van der Waals surface area contributed by atoms with Crippen LogP contribution in [0.1, 0.15) is 11.6 Å². The van der Waals surface area contributed by atoms with E-state index in [9.17, 15) is 21.6 Å². The summed E-state index contributed by atoms with van der Waals surface area (Å²) in [5, 5.41) is 3.02. The van der Waals surface area contributed by atoms with E-state index < -0.39 is 38.4 Å². The van der Waals surface area contributed by atoms with E-state index in [0.717, 1.165) is 22.5 Å². The molecule has 136 valence electrons. The summed E-state index contributed by atoms with van der Waals surface area (Å²) in [4.78, 5) is -0.978. The lowest BCUT2D eigenvalue weighted by atomic mass is 10.1. The molecule has 0 amide bonds. The van der Waals surface area contributed by atoms with Crippen LogP contribution >= 0.6 is 12.4 Å². The summed E-state index contributed by atoms with van der Waals surface area (Å²) < 4.78 is 68.1. The van der Waals surface area contributed by atoms with Gasteiger partial charge < -0.3 is 5.32 Å². The van der Waals surface area contributed by atoms with Crippen molar-refractivity contribution in [1.29, 1.82) is 0 Å². The van der Waals surface area contributed by atoms with Crippen LogP contribution in [0.4, 0.5) is 13.2 Å². The number of sulfonamides is 1. The van der Waals surface area contributed by atoms with Gasteiger partial charge >= 0.3 is 0 Å². The third kappa shape index (κ3) is 3.82. The summed E-state index contributed by atoms with van der Waals surface area (Å²) in [7, 11) is -4.41. The van der Waals surface area contributed by atoms with E-state index in [0.29, 0.717) is 12.1 Å². The van der Waals surface area contributed by atoms with Gasteiger partial charge in [-0.2, -0.15) is 4.31 Å². The average molecular weight is 393 g/mol. The van der Waals surface area contributed by atoms with E-state index in [-0.39, 0.29) is 25.5 Å². The molecule has 1 heterocycles. The van der Waals surface area contributed by atoms with Gasteiger partial charge in [-0.15, -0.1) is 12.4 Å². The van der Waals surface area contributed by atoms with Gasteiger partial charge in [0.15, 0.2) is 4.90 Å². The van der Waals surface area contributed by atoms with Crippen LogP contribution in [0.15, 0.2) is 47.4 Å². The Hall–Kier alpha value is -1.61. The molecule has 0 spiro atoms. The van der Waals surface area contributed by atoms with Gasteiger partial charge in [0.1, 0.15) is 17.5 Å². The van der Waals surface area contributed by atoms with Crippen LogP contribution in [0.3, 0.4) is 0 Å². The zero-order valence-electron chi connectivity index (χ0n) is 13.0. The molecule has 3 rings (SSSR count). The number of hydrogen-bond donors (Lipinski definition) is 1. The predicted molar refractivity (Wildman–Crippen MR) is 89.5 cm³/mol. The summed E-state index contributed by atoms with van der Waals surface area (Å²) in [6.45, 7) is 0.581. The summed E-state index contributed by atoms with van der Waals surface area (Å²) in [5.74, 6) is -2.80. The van der Waals surface area contributed by atoms with Crippen LogP contribution in [0.25, 0.3) is 0 Å². The maximum atomic E-state index is 14.0. The standard InChI is InChI=1S/C16H15F3N2O2S.ClH/c17-12-4-1-3-11(9-12)15-10-20-7-8-21(15)24(22,23)16-13(18)5-2-6-14(16)19;/h1-6,9,15,20H,7-8,10H2;1H. The van der Waals surface area contributed by atoms with E-state index in [2.05, 4.69) is 5.32 Å². The Bertz CT molecular complexity index is 844. The van der Waals surface area contributed by atoms with Crippen LogP contribution in [0, 0.1) is 17.5 Å². The number of rotatable bonds is 3. The largest absolute Gasteiger partial charge is 0.313 e. The summed E-state index contributed by atoms with van der Waals surface area (Å²) in [5.41, 5.74) is 0.419. The number of halogens is 4. The first-order chi connectivity index (χ1) is 11.4. The molecule has 1 N–H and O–H groups in total. The average Bonchev–Trinajstić information content (AvgIpc) is 2.54. The zero-order valence-corrected chi connectivity index (χ0v) is 14.6. The molecule has 9 heteroatoms. The maximum absolute atomic E-state index is 14.0. The highest BCUT2D eigenvalue weighted by atomic mass is 35.5. The normalized spacial score (nSPS) is 18.6. The van der Waals surface area contributed by atoms with Crippen LogP contribution in [0.2, 0.25) is 0 Å². The van der Waals surface area contributed by atoms with E-state index >= 15 is 0 Å². The summed E-state index contributed by atoms with van der Waals surface area (Å²) in [6.07, 6.45) is 0. The van der Waals surface area contributed by atoms with Crippen molar-refractivity contribution in [1.82, 2.24) is 9.62 Å². The van der Waals surface area contributed by atoms with Crippen molar-refractivity contribution in [2.75, 3.05) is 19.6 Å². The first kappa shape index (κ1) is 19.7. The lowest BCUT2D eigenvalue weighted by Crippen LogP contribution is -2.48. The van der Waals surface area contributed by atoms with Crippen molar-refractivity contribution >= 4 is 22.4 Å². The van der Waals surface area contributed by atoms with Gasteiger partial charge in [-0.25, -0.2) is 21.6 Å². The lowest BCUT2D eigenvalue weighted by molar-refractivity contribution is 0.269. The van der Waals surface area contributed by atoms with Crippen LogP contribution in [0.5, 0.6) is 0 Å². The molecule has 4 nitrogen and oxygen atoms in total. The van der Waals surface area contributed by atoms with Gasteiger partial charge in [0.05, 0.1) is 6.04 Å². The van der Waals surface area contributed by atoms with E-state index in [4.69, 9.17) is 0 Å². The Kier molecular flexibility index (Phi) is 6.10. The fourth-order valence-electron chi connectivity index (χ4n) is 2.82. The van der Waals surface area contributed by atoms with Crippen molar-refractivity contribution < 1.29 is 21.6 Å². The van der Waals surface area contributed by atoms with Gasteiger partial charge in [-0.05, 0) is 29.8 Å². The molecular weight excluding hydrogens is 377 g/mol. The van der Waals surface area contributed by atoms with Crippen molar-refractivity contribution in [3.8, 4) is 0 Å². The number of benzene rings is 2. The third-order valence-electron chi connectivity index (χ3n) is 3.91. The fraction of sp³-hybridized carbons (Fsp3) is 0.250. The highest BCUT2D eigenvalue weighted by Gasteiger charge is 2.37. The molecule has 1 saturated heterocycles. The van der Waals surface area contributed by atoms with Gasteiger partial charge in [0.2, 0.25) is 10.0 Å². The van der Waals surface area contributed by atoms with Crippen LogP contribution < -0.4 is 5.32 Å². The lowest BCUT2D eigenvalue weighted by Gasteiger charge is -2.35. The SMILES string of the molecule is Cl.O=S(=O)(c1c(F)cccc1F)N1CCNCC1c1cccc(F)c1. The molecule has 0 radical (unpaired) electrons. The van der Waals surface area contributed by atoms with E-state index in [1.165, 1.54) is 18.2 Å². The third-order valence-corrected chi connectivity index (χ3v) is 5.87. The molecule has 0 saturated carbocycles. The Balaban J connectivity index is 0.00000225. The first-order valence-corrected chi connectivity index (χ1v) is 8.77. The number of piperazine rings is 1. The monoisotopic (exact) mass is 392 g/mol. The van der Waals surface area contributed by atoms with Gasteiger partial charge in [0.25, 0.3) is 0 Å². The Morgan fingerprint density at radius 1 is 1.04 bits per heavy atom. The van der Waals surface area contributed by atoms with E-state index in [1.54, 1.807) is 6.07 Å². The van der Waals surface area contributed by atoms with Crippen molar-refractivity contribution in [3.63, 3.8) is 0 Å². The Labute approximate surface area is 150 Å². The highest BCUT2D eigenvalue weighted by Crippen LogP contribution is 2.31. The summed E-state index contributed by atoms with van der Waals surface area (Å²) in [6, 6.07) is 7.66. The molecular formula is C16H16ClF3N2O2S. The minimum absolute atomic E-state index is 0. The van der Waals surface area contributed by atoms with Crippen molar-refractivity contribution in [2.24, 2.45) is 0 Å². The molecule has 0 bridgehead atoms. The molecule has 25 heavy (non-hydrogen) atoms. The number of nitrogens with one attached hydrogen (secondary N) is 1. The molecule has 0 aliphatic carbocycles. The topological polar surface area (TPSA) is 49.4 Å². The molecule has 2 aromatic carbocycles. The zero-order chi connectivity index (χ0) is 17.3. The van der Waals surface area contributed by atoms with Gasteiger partial charge in [-0.1, -0.05) is 18.2 Å². The second-order valence-electron chi connectivity index (χ2n) is 5.44. The molecule has 2 aromatic rings. The van der Waals surface area contributed by atoms with Crippen LogP contribution in [-0.4, -0.2) is 32.4 Å².